The monoisotopic (exact) mass is 179 g/mol. The van der Waals surface area contributed by atoms with Gasteiger partial charge in [-0.05, 0) is 0 Å². The minimum Gasteiger partial charge on any atom is -0.388 e. The molecule has 0 aromatic carbocycles. The summed E-state index contributed by atoms with van der Waals surface area (Å²) in [6.45, 7) is -0.0258. The molecule has 0 spiro atoms. The smallest absolute Gasteiger partial charge is 0.184 e. The lowest BCUT2D eigenvalue weighted by molar-refractivity contribution is -0.279. The average molecular weight is 179 g/mol. The van der Waals surface area contributed by atoms with Gasteiger partial charge in [0.25, 0.3) is 0 Å². The molecule has 6 heteroatoms. The van der Waals surface area contributed by atoms with E-state index in [1.165, 1.54) is 0 Å². The van der Waals surface area contributed by atoms with Gasteiger partial charge in [-0.15, -0.1) is 0 Å². The average Bonchev–Trinajstić information content (AvgIpc) is 2.08. The van der Waals surface area contributed by atoms with Crippen molar-refractivity contribution in [3.05, 3.63) is 0 Å². The Morgan fingerprint density at radius 3 is 2.08 bits per heavy atom. The van der Waals surface area contributed by atoms with Gasteiger partial charge in [0, 0.05) is 6.54 Å². The van der Waals surface area contributed by atoms with E-state index in [1.54, 1.807) is 0 Å². The van der Waals surface area contributed by atoms with Gasteiger partial charge in [0.1, 0.15) is 24.4 Å². The van der Waals surface area contributed by atoms with E-state index >= 15 is 0 Å². The van der Waals surface area contributed by atoms with E-state index < -0.39 is 30.7 Å². The largest absolute Gasteiger partial charge is 0.388 e. The first kappa shape index (κ1) is 9.85. The molecule has 1 heterocycles. The van der Waals surface area contributed by atoms with Crippen LogP contribution in [0.3, 0.4) is 0 Å². The van der Waals surface area contributed by atoms with Gasteiger partial charge in [-0.2, -0.15) is 0 Å². The maximum atomic E-state index is 9.20. The zero-order valence-corrected chi connectivity index (χ0v) is 6.37. The summed E-state index contributed by atoms with van der Waals surface area (Å²) in [5, 5.41) is 36.3. The summed E-state index contributed by atoms with van der Waals surface area (Å²) in [4.78, 5) is 0. The maximum Gasteiger partial charge on any atom is 0.184 e. The fourth-order valence-corrected chi connectivity index (χ4v) is 1.13. The van der Waals surface area contributed by atoms with E-state index in [9.17, 15) is 5.11 Å². The second kappa shape index (κ2) is 3.65. The van der Waals surface area contributed by atoms with E-state index in [4.69, 9.17) is 25.8 Å². The molecule has 0 amide bonds. The van der Waals surface area contributed by atoms with Crippen LogP contribution < -0.4 is 5.73 Å². The van der Waals surface area contributed by atoms with Gasteiger partial charge in [0.05, 0.1) is 0 Å². The van der Waals surface area contributed by atoms with Gasteiger partial charge in [-0.25, -0.2) is 0 Å². The molecule has 1 aliphatic heterocycles. The van der Waals surface area contributed by atoms with E-state index in [1.807, 2.05) is 0 Å². The standard InChI is InChI=1S/C6H13NO5/c7-1-2-3(8)4(9)5(10)6(11)12-2/h2-6,8-11H,1,7H2/t2?,3-,4-,5+,6?/m0/s1. The second-order valence-electron chi connectivity index (χ2n) is 2.77. The molecular formula is C6H13NO5. The fourth-order valence-electron chi connectivity index (χ4n) is 1.13. The quantitative estimate of drug-likeness (QED) is 0.288. The van der Waals surface area contributed by atoms with Crippen LogP contribution in [0.15, 0.2) is 0 Å². The summed E-state index contributed by atoms with van der Waals surface area (Å²) in [6.07, 6.45) is -6.48. The Balaban J connectivity index is 2.63. The molecule has 5 atom stereocenters. The summed E-state index contributed by atoms with van der Waals surface area (Å²) in [6, 6.07) is 0. The Kier molecular flexibility index (Phi) is 2.99. The predicted molar refractivity (Wildman–Crippen MR) is 38.0 cm³/mol. The minimum absolute atomic E-state index is 0.0258. The molecule has 0 aromatic heterocycles. The molecule has 1 saturated heterocycles. The van der Waals surface area contributed by atoms with Crippen molar-refractivity contribution in [1.29, 1.82) is 0 Å². The maximum absolute atomic E-state index is 9.20. The van der Waals surface area contributed by atoms with Gasteiger partial charge in [0.2, 0.25) is 0 Å². The minimum atomic E-state index is -1.49. The van der Waals surface area contributed by atoms with Crippen LogP contribution in [0.25, 0.3) is 0 Å². The van der Waals surface area contributed by atoms with Crippen molar-refractivity contribution in [3.63, 3.8) is 0 Å². The van der Waals surface area contributed by atoms with Crippen LogP contribution in [0.1, 0.15) is 0 Å². The summed E-state index contributed by atoms with van der Waals surface area (Å²) in [5.41, 5.74) is 5.17. The molecule has 6 nitrogen and oxygen atoms in total. The third-order valence-corrected chi connectivity index (χ3v) is 1.92. The molecule has 0 aliphatic carbocycles. The summed E-state index contributed by atoms with van der Waals surface area (Å²) in [7, 11) is 0. The molecule has 0 saturated carbocycles. The van der Waals surface area contributed by atoms with Crippen molar-refractivity contribution >= 4 is 0 Å². The number of ether oxygens (including phenoxy) is 1. The lowest BCUT2D eigenvalue weighted by atomic mass is 9.99. The van der Waals surface area contributed by atoms with E-state index in [2.05, 4.69) is 0 Å². The van der Waals surface area contributed by atoms with Crippen LogP contribution in [0, 0.1) is 0 Å². The molecule has 0 aromatic rings. The lowest BCUT2D eigenvalue weighted by Gasteiger charge is -2.37. The highest BCUT2D eigenvalue weighted by Gasteiger charge is 2.42. The van der Waals surface area contributed by atoms with Crippen LogP contribution in [0.5, 0.6) is 0 Å². The number of rotatable bonds is 1. The van der Waals surface area contributed by atoms with Crippen LogP contribution >= 0.6 is 0 Å². The van der Waals surface area contributed by atoms with Crippen molar-refractivity contribution in [1.82, 2.24) is 0 Å². The third-order valence-electron chi connectivity index (χ3n) is 1.92. The van der Waals surface area contributed by atoms with Crippen molar-refractivity contribution in [2.24, 2.45) is 5.73 Å². The molecule has 72 valence electrons. The molecule has 0 bridgehead atoms. The fraction of sp³-hybridized carbons (Fsp3) is 1.00. The van der Waals surface area contributed by atoms with Crippen LogP contribution in [0.2, 0.25) is 0 Å². The van der Waals surface area contributed by atoms with Crippen molar-refractivity contribution in [2.75, 3.05) is 6.54 Å². The normalized spacial score (nSPS) is 49.2. The summed E-state index contributed by atoms with van der Waals surface area (Å²) < 4.78 is 4.70. The molecule has 0 radical (unpaired) electrons. The SMILES string of the molecule is NCC1OC(O)[C@H](O)[C@@H](O)[C@H]1O. The van der Waals surface area contributed by atoms with Gasteiger partial charge >= 0.3 is 0 Å². The molecular weight excluding hydrogens is 166 g/mol. The van der Waals surface area contributed by atoms with Gasteiger partial charge < -0.3 is 30.9 Å². The molecule has 1 fully saturated rings. The van der Waals surface area contributed by atoms with Gasteiger partial charge in [-0.1, -0.05) is 0 Å². The van der Waals surface area contributed by atoms with E-state index in [0.29, 0.717) is 0 Å². The highest BCUT2D eigenvalue weighted by molar-refractivity contribution is 4.88. The summed E-state index contributed by atoms with van der Waals surface area (Å²) in [5.74, 6) is 0. The number of nitrogens with two attached hydrogens (primary N) is 1. The number of hydrogen-bond acceptors (Lipinski definition) is 6. The number of hydrogen-bond donors (Lipinski definition) is 5. The first-order chi connectivity index (χ1) is 5.57. The van der Waals surface area contributed by atoms with Gasteiger partial charge in [-0.3, -0.25) is 0 Å². The number of aliphatic hydroxyl groups is 4. The molecule has 1 aliphatic rings. The third kappa shape index (κ3) is 1.58. The Bertz CT molecular complexity index is 150. The molecule has 6 N–H and O–H groups in total. The second-order valence-corrected chi connectivity index (χ2v) is 2.77. The first-order valence-electron chi connectivity index (χ1n) is 3.65. The van der Waals surface area contributed by atoms with Crippen LogP contribution in [-0.4, -0.2) is 57.7 Å². The molecule has 12 heavy (non-hydrogen) atoms. The Morgan fingerprint density at radius 1 is 1.00 bits per heavy atom. The topological polar surface area (TPSA) is 116 Å². The zero-order valence-electron chi connectivity index (χ0n) is 6.37. The van der Waals surface area contributed by atoms with Crippen LogP contribution in [0.4, 0.5) is 0 Å². The van der Waals surface area contributed by atoms with E-state index in [0.717, 1.165) is 0 Å². The van der Waals surface area contributed by atoms with E-state index in [-0.39, 0.29) is 6.54 Å². The molecule has 1 rings (SSSR count). The zero-order chi connectivity index (χ0) is 9.30. The highest BCUT2D eigenvalue weighted by Crippen LogP contribution is 2.18. The lowest BCUT2D eigenvalue weighted by Crippen LogP contribution is -2.59. The van der Waals surface area contributed by atoms with Crippen molar-refractivity contribution < 1.29 is 25.2 Å². The first-order valence-corrected chi connectivity index (χ1v) is 3.65. The Morgan fingerprint density at radius 2 is 1.58 bits per heavy atom. The molecule has 2 unspecified atom stereocenters. The van der Waals surface area contributed by atoms with Gasteiger partial charge in [0.15, 0.2) is 6.29 Å². The van der Waals surface area contributed by atoms with Crippen LogP contribution in [-0.2, 0) is 4.74 Å². The predicted octanol–water partition coefficient (Wildman–Crippen LogP) is -3.25. The highest BCUT2D eigenvalue weighted by atomic mass is 16.6. The number of aliphatic hydroxyl groups excluding tert-OH is 4. The Labute approximate surface area is 69.2 Å². The summed E-state index contributed by atoms with van der Waals surface area (Å²) >= 11 is 0. The van der Waals surface area contributed by atoms with Crippen molar-refractivity contribution in [3.8, 4) is 0 Å². The van der Waals surface area contributed by atoms with Crippen molar-refractivity contribution in [2.45, 2.75) is 30.7 Å². The Hall–Kier alpha value is -0.240.